The lowest BCUT2D eigenvalue weighted by atomic mass is 9.98. The van der Waals surface area contributed by atoms with Gasteiger partial charge >= 0.3 is 0 Å². The summed E-state index contributed by atoms with van der Waals surface area (Å²) in [4.78, 5) is 6.10. The molecule has 2 rings (SSSR count). The second kappa shape index (κ2) is 6.71. The lowest BCUT2D eigenvalue weighted by Gasteiger charge is -2.14. The summed E-state index contributed by atoms with van der Waals surface area (Å²) in [6, 6.07) is 2.32. The summed E-state index contributed by atoms with van der Waals surface area (Å²) < 4.78 is 1.97. The van der Waals surface area contributed by atoms with E-state index in [4.69, 9.17) is 4.98 Å². The fraction of sp³-hybridized carbons (Fsp3) is 0.625. The number of nitrogens with zero attached hydrogens (tertiary/aromatic N) is 3. The molecule has 1 N–H and O–H groups in total. The molecule has 2 heterocycles. The number of rotatable bonds is 6. The average molecular weight is 306 g/mol. The van der Waals surface area contributed by atoms with Gasteiger partial charge in [0.1, 0.15) is 0 Å². The van der Waals surface area contributed by atoms with Crippen molar-refractivity contribution >= 4 is 11.3 Å². The predicted molar refractivity (Wildman–Crippen MR) is 88.8 cm³/mol. The first kappa shape index (κ1) is 16.2. The Morgan fingerprint density at radius 3 is 2.71 bits per heavy atom. The van der Waals surface area contributed by atoms with E-state index in [1.54, 1.807) is 0 Å². The molecule has 0 saturated heterocycles. The van der Waals surface area contributed by atoms with Crippen molar-refractivity contribution in [3.8, 4) is 0 Å². The summed E-state index contributed by atoms with van der Waals surface area (Å²) >= 11 is 1.84. The zero-order valence-corrected chi connectivity index (χ0v) is 14.5. The molecule has 0 fully saturated rings. The molecular formula is C16H26N4S. The molecule has 2 aromatic heterocycles. The molecule has 0 aliphatic rings. The summed E-state index contributed by atoms with van der Waals surface area (Å²) in [6.07, 6.45) is 4.91. The zero-order chi connectivity index (χ0) is 15.5. The molecule has 0 aliphatic heterocycles. The minimum Gasteiger partial charge on any atom is -0.309 e. The third-order valence-corrected chi connectivity index (χ3v) is 5.21. The third-order valence-electron chi connectivity index (χ3n) is 3.44. The van der Waals surface area contributed by atoms with Gasteiger partial charge in [-0.3, -0.25) is 4.68 Å². The van der Waals surface area contributed by atoms with E-state index in [0.717, 1.165) is 25.2 Å². The van der Waals surface area contributed by atoms with E-state index in [9.17, 15) is 0 Å². The molecule has 0 aromatic carbocycles. The van der Waals surface area contributed by atoms with E-state index in [-0.39, 0.29) is 5.41 Å². The maximum Gasteiger partial charge on any atom is 0.0985 e. The number of aromatic nitrogens is 3. The molecule has 4 nitrogen and oxygen atoms in total. The van der Waals surface area contributed by atoms with Crippen LogP contribution in [0.15, 0.2) is 18.5 Å². The predicted octanol–water partition coefficient (Wildman–Crippen LogP) is 3.69. The van der Waals surface area contributed by atoms with E-state index in [1.165, 1.54) is 9.88 Å². The normalized spacial score (nSPS) is 13.6. The highest BCUT2D eigenvalue weighted by Crippen LogP contribution is 2.32. The number of thiazole rings is 1. The van der Waals surface area contributed by atoms with Gasteiger partial charge in [0.25, 0.3) is 0 Å². The van der Waals surface area contributed by atoms with Crippen molar-refractivity contribution in [2.45, 2.75) is 59.0 Å². The molecule has 0 spiro atoms. The van der Waals surface area contributed by atoms with Crippen LogP contribution in [0.3, 0.4) is 0 Å². The van der Waals surface area contributed by atoms with Gasteiger partial charge in [-0.2, -0.15) is 5.10 Å². The van der Waals surface area contributed by atoms with Crippen LogP contribution in [0, 0.1) is 6.92 Å². The minimum atomic E-state index is 0.132. The lowest BCUT2D eigenvalue weighted by Crippen LogP contribution is -2.21. The van der Waals surface area contributed by atoms with Crippen molar-refractivity contribution < 1.29 is 0 Å². The van der Waals surface area contributed by atoms with Crippen LogP contribution in [-0.4, -0.2) is 21.3 Å². The molecule has 0 saturated carbocycles. The second-order valence-corrected chi connectivity index (χ2v) is 7.55. The smallest absolute Gasteiger partial charge is 0.0985 e. The fourth-order valence-corrected chi connectivity index (χ4v) is 3.37. The van der Waals surface area contributed by atoms with Crippen LogP contribution in [0.2, 0.25) is 0 Å². The van der Waals surface area contributed by atoms with Gasteiger partial charge in [0.05, 0.1) is 10.7 Å². The van der Waals surface area contributed by atoms with Gasteiger partial charge in [0, 0.05) is 35.3 Å². The van der Waals surface area contributed by atoms with Gasteiger partial charge in [0.15, 0.2) is 0 Å². The summed E-state index contributed by atoms with van der Waals surface area (Å²) in [5, 5.41) is 9.04. The molecule has 0 amide bonds. The van der Waals surface area contributed by atoms with Crippen molar-refractivity contribution in [3.05, 3.63) is 34.0 Å². The number of nitrogens with one attached hydrogen (secondary N) is 1. The van der Waals surface area contributed by atoms with Gasteiger partial charge in [-0.05, 0) is 32.9 Å². The van der Waals surface area contributed by atoms with Crippen LogP contribution in [-0.2, 0) is 12.0 Å². The minimum absolute atomic E-state index is 0.132. The van der Waals surface area contributed by atoms with Crippen molar-refractivity contribution in [3.63, 3.8) is 0 Å². The molecule has 1 atom stereocenters. The van der Waals surface area contributed by atoms with E-state index in [2.05, 4.69) is 45.0 Å². The third kappa shape index (κ3) is 4.38. The van der Waals surface area contributed by atoms with Crippen LogP contribution < -0.4 is 5.32 Å². The quantitative estimate of drug-likeness (QED) is 0.828. The van der Waals surface area contributed by atoms with Crippen LogP contribution in [0.5, 0.6) is 0 Å². The van der Waals surface area contributed by atoms with Gasteiger partial charge in [-0.1, -0.05) is 20.8 Å². The van der Waals surface area contributed by atoms with Gasteiger partial charge in [-0.15, -0.1) is 11.3 Å². The SMILES string of the molecule is Cc1nc(C(C)(C)C)sc1C(C)NCCCn1cccn1. The van der Waals surface area contributed by atoms with E-state index >= 15 is 0 Å². The lowest BCUT2D eigenvalue weighted by molar-refractivity contribution is 0.509. The van der Waals surface area contributed by atoms with Crippen LogP contribution in [0.25, 0.3) is 0 Å². The standard InChI is InChI=1S/C16H26N4S/c1-12(17-8-6-10-20-11-7-9-18-20)14-13(2)19-15(21-14)16(3,4)5/h7,9,11-12,17H,6,8,10H2,1-5H3. The van der Waals surface area contributed by atoms with E-state index in [0.29, 0.717) is 6.04 Å². The second-order valence-electron chi connectivity index (χ2n) is 6.52. The Labute approximate surface area is 131 Å². The summed E-state index contributed by atoms with van der Waals surface area (Å²) in [5.41, 5.74) is 1.30. The Kier molecular flexibility index (Phi) is 5.17. The van der Waals surface area contributed by atoms with Crippen molar-refractivity contribution in [1.82, 2.24) is 20.1 Å². The first-order valence-electron chi connectivity index (χ1n) is 7.56. The molecule has 0 aliphatic carbocycles. The fourth-order valence-electron chi connectivity index (χ4n) is 2.22. The van der Waals surface area contributed by atoms with Crippen molar-refractivity contribution in [2.24, 2.45) is 0 Å². The number of hydrogen-bond acceptors (Lipinski definition) is 4. The van der Waals surface area contributed by atoms with Crippen LogP contribution >= 0.6 is 11.3 Å². The summed E-state index contributed by atoms with van der Waals surface area (Å²) in [6.45, 7) is 12.9. The van der Waals surface area contributed by atoms with Crippen LogP contribution in [0.4, 0.5) is 0 Å². The number of aryl methyl sites for hydroxylation is 2. The molecule has 116 valence electrons. The largest absolute Gasteiger partial charge is 0.309 e. The highest BCUT2D eigenvalue weighted by molar-refractivity contribution is 7.12. The van der Waals surface area contributed by atoms with Crippen LogP contribution in [0.1, 0.15) is 55.7 Å². The van der Waals surface area contributed by atoms with Crippen molar-refractivity contribution in [2.75, 3.05) is 6.54 Å². The molecule has 1 unspecified atom stereocenters. The molecule has 0 bridgehead atoms. The Morgan fingerprint density at radius 2 is 2.14 bits per heavy atom. The monoisotopic (exact) mass is 306 g/mol. The van der Waals surface area contributed by atoms with E-state index < -0.39 is 0 Å². The summed E-state index contributed by atoms with van der Waals surface area (Å²) in [7, 11) is 0. The molecule has 2 aromatic rings. The first-order valence-corrected chi connectivity index (χ1v) is 8.38. The average Bonchev–Trinajstić information content (AvgIpc) is 3.02. The van der Waals surface area contributed by atoms with Gasteiger partial charge in [0.2, 0.25) is 0 Å². The first-order chi connectivity index (χ1) is 9.88. The summed E-state index contributed by atoms with van der Waals surface area (Å²) in [5.74, 6) is 0. The maximum atomic E-state index is 4.74. The Morgan fingerprint density at radius 1 is 1.38 bits per heavy atom. The van der Waals surface area contributed by atoms with Gasteiger partial charge in [-0.25, -0.2) is 4.98 Å². The highest BCUT2D eigenvalue weighted by Gasteiger charge is 2.22. The molecular weight excluding hydrogens is 280 g/mol. The van der Waals surface area contributed by atoms with Gasteiger partial charge < -0.3 is 5.32 Å². The number of hydrogen-bond donors (Lipinski definition) is 1. The Hall–Kier alpha value is -1.20. The molecule has 0 radical (unpaired) electrons. The Balaban J connectivity index is 1.85. The highest BCUT2D eigenvalue weighted by atomic mass is 32.1. The van der Waals surface area contributed by atoms with E-state index in [1.807, 2.05) is 34.5 Å². The topological polar surface area (TPSA) is 42.7 Å². The zero-order valence-electron chi connectivity index (χ0n) is 13.7. The van der Waals surface area contributed by atoms with Crippen molar-refractivity contribution in [1.29, 1.82) is 0 Å². The maximum absolute atomic E-state index is 4.74. The molecule has 21 heavy (non-hydrogen) atoms. The Bertz CT molecular complexity index is 551. The molecule has 5 heteroatoms.